The van der Waals surface area contributed by atoms with Crippen LogP contribution < -0.4 is 10.6 Å². The number of carbonyl (C=O) groups is 2. The van der Waals surface area contributed by atoms with Crippen molar-refractivity contribution in [2.75, 3.05) is 7.05 Å². The molecular weight excluding hydrogens is 220 g/mol. The van der Waals surface area contributed by atoms with Crippen LogP contribution in [0.3, 0.4) is 0 Å². The second-order valence-electron chi connectivity index (χ2n) is 3.60. The van der Waals surface area contributed by atoms with Crippen LogP contribution in [0.1, 0.15) is 12.0 Å². The third kappa shape index (κ3) is 4.65. The lowest BCUT2D eigenvalue weighted by Gasteiger charge is -2.09. The minimum Gasteiger partial charge on any atom is -0.383 e. The van der Waals surface area contributed by atoms with Gasteiger partial charge in [0.1, 0.15) is 6.10 Å². The Hall–Kier alpha value is -1.88. The van der Waals surface area contributed by atoms with Crippen molar-refractivity contribution in [2.24, 2.45) is 0 Å². The summed E-state index contributed by atoms with van der Waals surface area (Å²) in [6.07, 6.45) is -1.53. The Bertz CT molecular complexity index is 379. The first-order valence-corrected chi connectivity index (χ1v) is 5.33. The molecule has 0 aliphatic rings. The molecule has 92 valence electrons. The average molecular weight is 236 g/mol. The molecule has 1 aromatic rings. The molecule has 0 aliphatic heterocycles. The van der Waals surface area contributed by atoms with Crippen molar-refractivity contribution in [2.45, 2.75) is 19.1 Å². The Morgan fingerprint density at radius 2 is 1.94 bits per heavy atom. The molecule has 17 heavy (non-hydrogen) atoms. The van der Waals surface area contributed by atoms with Gasteiger partial charge in [0.2, 0.25) is 11.8 Å². The largest absolute Gasteiger partial charge is 0.383 e. The molecule has 0 aliphatic carbocycles. The predicted octanol–water partition coefficient (Wildman–Crippen LogP) is -0.200. The van der Waals surface area contributed by atoms with Crippen LogP contribution in [0.4, 0.5) is 0 Å². The first-order valence-electron chi connectivity index (χ1n) is 5.33. The Balaban J connectivity index is 2.33. The molecule has 5 heteroatoms. The summed E-state index contributed by atoms with van der Waals surface area (Å²) in [5.41, 5.74) is 0.968. The number of rotatable bonds is 5. The van der Waals surface area contributed by atoms with Crippen molar-refractivity contribution >= 4 is 11.8 Å². The second kappa shape index (κ2) is 6.65. The quantitative estimate of drug-likeness (QED) is 0.662. The highest BCUT2D eigenvalue weighted by Gasteiger charge is 2.17. The van der Waals surface area contributed by atoms with E-state index >= 15 is 0 Å². The number of nitrogens with one attached hydrogen (secondary N) is 2. The van der Waals surface area contributed by atoms with Crippen molar-refractivity contribution < 1.29 is 14.7 Å². The first kappa shape index (κ1) is 13.2. The molecule has 0 aromatic heterocycles. The number of likely N-dealkylation sites (N-methyl/N-ethyl adjacent to an activating group) is 1. The Morgan fingerprint density at radius 1 is 1.29 bits per heavy atom. The molecule has 0 bridgehead atoms. The molecule has 0 saturated heterocycles. The number of carbonyl (C=O) groups excluding carboxylic acids is 2. The lowest BCUT2D eigenvalue weighted by atomic mass is 10.2. The highest BCUT2D eigenvalue weighted by atomic mass is 16.3. The smallest absolute Gasteiger partial charge is 0.249 e. The van der Waals surface area contributed by atoms with E-state index in [4.69, 9.17) is 0 Å². The van der Waals surface area contributed by atoms with Gasteiger partial charge in [-0.05, 0) is 5.56 Å². The van der Waals surface area contributed by atoms with E-state index in [9.17, 15) is 14.7 Å². The van der Waals surface area contributed by atoms with Crippen molar-refractivity contribution in [3.63, 3.8) is 0 Å². The van der Waals surface area contributed by atoms with Gasteiger partial charge in [-0.2, -0.15) is 0 Å². The number of hydrogen-bond donors (Lipinski definition) is 3. The highest BCUT2D eigenvalue weighted by Crippen LogP contribution is 1.98. The van der Waals surface area contributed by atoms with Crippen LogP contribution in [0.5, 0.6) is 0 Å². The molecule has 2 amide bonds. The summed E-state index contributed by atoms with van der Waals surface area (Å²) >= 11 is 0. The van der Waals surface area contributed by atoms with E-state index in [1.54, 1.807) is 0 Å². The normalized spacial score (nSPS) is 11.6. The Morgan fingerprint density at radius 3 is 2.53 bits per heavy atom. The minimum atomic E-state index is -1.30. The summed E-state index contributed by atoms with van der Waals surface area (Å²) in [4.78, 5) is 22.4. The van der Waals surface area contributed by atoms with Crippen LogP contribution in [-0.4, -0.2) is 30.1 Å². The molecule has 1 rings (SSSR count). The van der Waals surface area contributed by atoms with E-state index in [0.717, 1.165) is 5.56 Å². The van der Waals surface area contributed by atoms with Crippen molar-refractivity contribution in [3.05, 3.63) is 35.9 Å². The maximum atomic E-state index is 11.4. The minimum absolute atomic E-state index is 0.230. The van der Waals surface area contributed by atoms with E-state index in [2.05, 4.69) is 10.6 Å². The van der Waals surface area contributed by atoms with E-state index in [1.807, 2.05) is 30.3 Å². The topological polar surface area (TPSA) is 78.4 Å². The van der Waals surface area contributed by atoms with Gasteiger partial charge in [0.25, 0.3) is 0 Å². The van der Waals surface area contributed by atoms with E-state index < -0.39 is 12.0 Å². The SMILES string of the molecule is CNC(=O)[C@@H](O)CC(=O)NCc1ccccc1. The lowest BCUT2D eigenvalue weighted by Crippen LogP contribution is -2.36. The number of amides is 2. The van der Waals surface area contributed by atoms with Gasteiger partial charge in [-0.25, -0.2) is 0 Å². The van der Waals surface area contributed by atoms with E-state index in [0.29, 0.717) is 6.54 Å². The molecule has 0 spiro atoms. The standard InChI is InChI=1S/C12H16N2O3/c1-13-12(17)10(15)7-11(16)14-8-9-5-3-2-4-6-9/h2-6,10,15H,7-8H2,1H3,(H,13,17)(H,14,16)/t10-/m0/s1. The van der Waals surface area contributed by atoms with Crippen LogP contribution in [-0.2, 0) is 16.1 Å². The van der Waals surface area contributed by atoms with Gasteiger partial charge in [0.05, 0.1) is 6.42 Å². The van der Waals surface area contributed by atoms with Gasteiger partial charge in [-0.15, -0.1) is 0 Å². The molecule has 0 radical (unpaired) electrons. The van der Waals surface area contributed by atoms with Gasteiger partial charge in [0, 0.05) is 13.6 Å². The number of aliphatic hydroxyl groups excluding tert-OH is 1. The molecule has 5 nitrogen and oxygen atoms in total. The Labute approximate surface area is 99.8 Å². The molecule has 0 unspecified atom stereocenters. The fraction of sp³-hybridized carbons (Fsp3) is 0.333. The molecule has 3 N–H and O–H groups in total. The maximum absolute atomic E-state index is 11.4. The van der Waals surface area contributed by atoms with Gasteiger partial charge in [-0.1, -0.05) is 30.3 Å². The molecule has 1 aromatic carbocycles. The summed E-state index contributed by atoms with van der Waals surface area (Å²) in [5, 5.41) is 14.2. The van der Waals surface area contributed by atoms with Crippen LogP contribution in [0.2, 0.25) is 0 Å². The fourth-order valence-electron chi connectivity index (χ4n) is 1.30. The van der Waals surface area contributed by atoms with Crippen LogP contribution in [0.15, 0.2) is 30.3 Å². The van der Waals surface area contributed by atoms with E-state index in [1.165, 1.54) is 7.05 Å². The Kier molecular flexibility index (Phi) is 5.16. The summed E-state index contributed by atoms with van der Waals surface area (Å²) in [5.74, 6) is -0.912. The highest BCUT2D eigenvalue weighted by molar-refractivity contribution is 5.87. The van der Waals surface area contributed by atoms with Crippen LogP contribution >= 0.6 is 0 Å². The average Bonchev–Trinajstić information content (AvgIpc) is 2.36. The second-order valence-corrected chi connectivity index (χ2v) is 3.60. The number of hydrogen-bond acceptors (Lipinski definition) is 3. The predicted molar refractivity (Wildman–Crippen MR) is 63.0 cm³/mol. The van der Waals surface area contributed by atoms with Crippen molar-refractivity contribution in [1.82, 2.24) is 10.6 Å². The molecule has 0 heterocycles. The molecule has 0 saturated carbocycles. The molecular formula is C12H16N2O3. The monoisotopic (exact) mass is 236 g/mol. The van der Waals surface area contributed by atoms with Gasteiger partial charge < -0.3 is 15.7 Å². The van der Waals surface area contributed by atoms with E-state index in [-0.39, 0.29) is 12.3 Å². The van der Waals surface area contributed by atoms with Gasteiger partial charge in [0.15, 0.2) is 0 Å². The number of aliphatic hydroxyl groups is 1. The fourth-order valence-corrected chi connectivity index (χ4v) is 1.30. The third-order valence-electron chi connectivity index (χ3n) is 2.26. The van der Waals surface area contributed by atoms with Gasteiger partial charge >= 0.3 is 0 Å². The summed E-state index contributed by atoms with van der Waals surface area (Å²) in [6.45, 7) is 0.389. The molecule has 0 fully saturated rings. The zero-order valence-electron chi connectivity index (χ0n) is 9.64. The number of benzene rings is 1. The zero-order chi connectivity index (χ0) is 12.7. The lowest BCUT2D eigenvalue weighted by molar-refractivity contribution is -0.134. The summed E-state index contributed by atoms with van der Waals surface area (Å²) in [7, 11) is 1.41. The van der Waals surface area contributed by atoms with Crippen molar-refractivity contribution in [1.29, 1.82) is 0 Å². The van der Waals surface area contributed by atoms with Crippen LogP contribution in [0, 0.1) is 0 Å². The van der Waals surface area contributed by atoms with Crippen molar-refractivity contribution in [3.8, 4) is 0 Å². The summed E-state index contributed by atoms with van der Waals surface area (Å²) in [6, 6.07) is 9.41. The first-order chi connectivity index (χ1) is 8.13. The summed E-state index contributed by atoms with van der Waals surface area (Å²) < 4.78 is 0. The van der Waals surface area contributed by atoms with Gasteiger partial charge in [-0.3, -0.25) is 9.59 Å². The zero-order valence-corrected chi connectivity index (χ0v) is 9.64. The maximum Gasteiger partial charge on any atom is 0.249 e. The third-order valence-corrected chi connectivity index (χ3v) is 2.26. The molecule has 1 atom stereocenters. The van der Waals surface area contributed by atoms with Crippen LogP contribution in [0.25, 0.3) is 0 Å².